The van der Waals surface area contributed by atoms with Gasteiger partial charge in [0.05, 0.1) is 29.1 Å². The molecule has 0 spiro atoms. The zero-order valence-electron chi connectivity index (χ0n) is 18.3. The van der Waals surface area contributed by atoms with Crippen LogP contribution in [0.15, 0.2) is 65.8 Å². The maximum absolute atomic E-state index is 12.4. The standard InChI is InChI=1S/C24H25N7O/c1-24(2,3)31-21-18(13-27-31)22(32)29-23(28-21)25-12-16-8-10-17(11-9-16)14-30-15-26-19-6-4-5-7-20(19)30/h4-11,13,15H,12,14H2,1-3H3,(H2,25,28,29,32). The minimum absolute atomic E-state index is 0.198. The summed E-state index contributed by atoms with van der Waals surface area (Å²) in [5.74, 6) is 0.433. The van der Waals surface area contributed by atoms with E-state index >= 15 is 0 Å². The summed E-state index contributed by atoms with van der Waals surface area (Å²) < 4.78 is 3.92. The second-order valence-electron chi connectivity index (χ2n) is 8.91. The molecule has 8 heteroatoms. The molecular formula is C24H25N7O. The molecular weight excluding hydrogens is 402 g/mol. The summed E-state index contributed by atoms with van der Waals surface area (Å²) in [5, 5.41) is 8.06. The molecule has 0 atom stereocenters. The van der Waals surface area contributed by atoms with Crippen molar-refractivity contribution in [1.82, 2.24) is 29.3 Å². The lowest BCUT2D eigenvalue weighted by molar-refractivity contribution is 0.366. The number of nitrogens with zero attached hydrogens (tertiary/aromatic N) is 5. The molecule has 3 heterocycles. The molecule has 0 radical (unpaired) electrons. The Balaban J connectivity index is 1.31. The normalized spacial score (nSPS) is 12.0. The van der Waals surface area contributed by atoms with E-state index in [9.17, 15) is 4.79 Å². The van der Waals surface area contributed by atoms with Crippen molar-refractivity contribution in [1.29, 1.82) is 0 Å². The van der Waals surface area contributed by atoms with Gasteiger partial charge in [0, 0.05) is 13.1 Å². The summed E-state index contributed by atoms with van der Waals surface area (Å²) in [6.45, 7) is 7.40. The van der Waals surface area contributed by atoms with Gasteiger partial charge >= 0.3 is 0 Å². The Hall–Kier alpha value is -3.94. The largest absolute Gasteiger partial charge is 0.352 e. The van der Waals surface area contributed by atoms with Crippen LogP contribution in [-0.4, -0.2) is 29.3 Å². The Labute approximate surface area is 184 Å². The number of aromatic amines is 1. The van der Waals surface area contributed by atoms with Crippen LogP contribution in [0.4, 0.5) is 5.95 Å². The second kappa shape index (κ2) is 7.64. The van der Waals surface area contributed by atoms with Gasteiger partial charge in [-0.2, -0.15) is 10.1 Å². The van der Waals surface area contributed by atoms with Crippen molar-refractivity contribution in [2.45, 2.75) is 39.4 Å². The molecule has 0 saturated heterocycles. The highest BCUT2D eigenvalue weighted by Crippen LogP contribution is 2.19. The van der Waals surface area contributed by atoms with Crippen molar-refractivity contribution in [3.63, 3.8) is 0 Å². The molecule has 2 N–H and O–H groups in total. The fourth-order valence-electron chi connectivity index (χ4n) is 3.77. The lowest BCUT2D eigenvalue weighted by atomic mass is 10.1. The molecule has 0 amide bonds. The van der Waals surface area contributed by atoms with Crippen molar-refractivity contribution < 1.29 is 0 Å². The van der Waals surface area contributed by atoms with Crippen molar-refractivity contribution in [2.75, 3.05) is 5.32 Å². The van der Waals surface area contributed by atoms with Gasteiger partial charge in [-0.15, -0.1) is 0 Å². The number of para-hydroxylation sites is 2. The third-order valence-electron chi connectivity index (χ3n) is 5.44. The number of anilines is 1. The smallest absolute Gasteiger partial charge is 0.263 e. The topological polar surface area (TPSA) is 93.4 Å². The van der Waals surface area contributed by atoms with Crippen LogP contribution in [0.25, 0.3) is 22.1 Å². The average molecular weight is 428 g/mol. The summed E-state index contributed by atoms with van der Waals surface area (Å²) in [5.41, 5.74) is 4.52. The van der Waals surface area contributed by atoms with Crippen LogP contribution in [0, 0.1) is 0 Å². The molecule has 3 aromatic heterocycles. The first-order valence-corrected chi connectivity index (χ1v) is 10.6. The predicted molar refractivity (Wildman–Crippen MR) is 126 cm³/mol. The fourth-order valence-corrected chi connectivity index (χ4v) is 3.77. The van der Waals surface area contributed by atoms with Crippen LogP contribution in [0.1, 0.15) is 31.9 Å². The molecule has 5 aromatic rings. The highest BCUT2D eigenvalue weighted by molar-refractivity contribution is 5.75. The fraction of sp³-hybridized carbons (Fsp3) is 0.250. The van der Waals surface area contributed by atoms with Gasteiger partial charge in [-0.3, -0.25) is 9.78 Å². The molecule has 0 aliphatic heterocycles. The highest BCUT2D eigenvalue weighted by atomic mass is 16.1. The van der Waals surface area contributed by atoms with E-state index in [0.29, 0.717) is 23.5 Å². The van der Waals surface area contributed by atoms with E-state index < -0.39 is 0 Å². The zero-order valence-corrected chi connectivity index (χ0v) is 18.3. The summed E-state index contributed by atoms with van der Waals surface area (Å²) in [6, 6.07) is 16.5. The molecule has 8 nitrogen and oxygen atoms in total. The van der Waals surface area contributed by atoms with Crippen LogP contribution >= 0.6 is 0 Å². The molecule has 0 fully saturated rings. The molecule has 2 aromatic carbocycles. The van der Waals surface area contributed by atoms with Gasteiger partial charge in [0.2, 0.25) is 5.95 Å². The van der Waals surface area contributed by atoms with Crippen molar-refractivity contribution in [2.24, 2.45) is 0 Å². The Morgan fingerprint density at radius 3 is 2.56 bits per heavy atom. The quantitative estimate of drug-likeness (QED) is 0.444. The number of benzene rings is 2. The van der Waals surface area contributed by atoms with Gasteiger partial charge in [0.25, 0.3) is 5.56 Å². The second-order valence-corrected chi connectivity index (χ2v) is 8.91. The Bertz CT molecular complexity index is 1450. The van der Waals surface area contributed by atoms with Gasteiger partial charge in [-0.25, -0.2) is 9.67 Å². The van der Waals surface area contributed by atoms with Crippen LogP contribution in [0.5, 0.6) is 0 Å². The zero-order chi connectivity index (χ0) is 22.3. The van der Waals surface area contributed by atoms with Gasteiger partial charge < -0.3 is 9.88 Å². The van der Waals surface area contributed by atoms with Crippen LogP contribution in [-0.2, 0) is 18.6 Å². The van der Waals surface area contributed by atoms with E-state index in [2.05, 4.69) is 60.3 Å². The number of hydrogen-bond acceptors (Lipinski definition) is 5. The van der Waals surface area contributed by atoms with E-state index in [1.54, 1.807) is 10.9 Å². The molecule has 0 aliphatic rings. The lowest BCUT2D eigenvalue weighted by Gasteiger charge is -2.19. The summed E-state index contributed by atoms with van der Waals surface area (Å²) in [6.07, 6.45) is 3.44. The summed E-state index contributed by atoms with van der Waals surface area (Å²) >= 11 is 0. The highest BCUT2D eigenvalue weighted by Gasteiger charge is 2.19. The third-order valence-corrected chi connectivity index (χ3v) is 5.44. The van der Waals surface area contributed by atoms with Gasteiger partial charge in [-0.1, -0.05) is 36.4 Å². The van der Waals surface area contributed by atoms with Crippen LogP contribution < -0.4 is 10.9 Å². The van der Waals surface area contributed by atoms with E-state index in [1.807, 2.05) is 45.3 Å². The molecule has 0 bridgehead atoms. The third kappa shape index (κ3) is 3.75. The van der Waals surface area contributed by atoms with Crippen LogP contribution in [0.3, 0.4) is 0 Å². The average Bonchev–Trinajstić information content (AvgIpc) is 3.38. The van der Waals surface area contributed by atoms with E-state index in [4.69, 9.17) is 0 Å². The number of aromatic nitrogens is 6. The minimum atomic E-state index is -0.268. The Morgan fingerprint density at radius 1 is 1.03 bits per heavy atom. The molecule has 32 heavy (non-hydrogen) atoms. The van der Waals surface area contributed by atoms with E-state index in [0.717, 1.165) is 23.1 Å². The first kappa shape index (κ1) is 20.0. The minimum Gasteiger partial charge on any atom is -0.352 e. The van der Waals surface area contributed by atoms with Crippen molar-refractivity contribution >= 4 is 28.0 Å². The van der Waals surface area contributed by atoms with Gasteiger partial charge in [-0.05, 0) is 44.0 Å². The van der Waals surface area contributed by atoms with Crippen molar-refractivity contribution in [3.8, 4) is 0 Å². The first-order chi connectivity index (χ1) is 15.4. The monoisotopic (exact) mass is 427 g/mol. The first-order valence-electron chi connectivity index (χ1n) is 10.6. The lowest BCUT2D eigenvalue weighted by Crippen LogP contribution is -2.24. The molecule has 0 unspecified atom stereocenters. The number of nitrogens with one attached hydrogen (secondary N) is 2. The number of hydrogen-bond donors (Lipinski definition) is 2. The molecule has 5 rings (SSSR count). The summed E-state index contributed by atoms with van der Waals surface area (Å²) in [4.78, 5) is 24.3. The Kier molecular flexibility index (Phi) is 4.77. The Morgan fingerprint density at radius 2 is 1.78 bits per heavy atom. The summed E-state index contributed by atoms with van der Waals surface area (Å²) in [7, 11) is 0. The number of fused-ring (bicyclic) bond motifs is 2. The number of imidazole rings is 1. The van der Waals surface area contributed by atoms with Gasteiger partial charge in [0.1, 0.15) is 5.39 Å². The van der Waals surface area contributed by atoms with E-state index in [-0.39, 0.29) is 11.1 Å². The molecule has 0 aliphatic carbocycles. The number of rotatable bonds is 5. The van der Waals surface area contributed by atoms with Gasteiger partial charge in [0.15, 0.2) is 5.65 Å². The van der Waals surface area contributed by atoms with Crippen LogP contribution in [0.2, 0.25) is 0 Å². The number of H-pyrrole nitrogens is 1. The SMILES string of the molecule is CC(C)(C)n1ncc2c(=O)[nH]c(NCc3ccc(Cn4cnc5ccccc54)cc3)nc21. The molecule has 162 valence electrons. The predicted octanol–water partition coefficient (Wildman–Crippen LogP) is 3.88. The van der Waals surface area contributed by atoms with Crippen molar-refractivity contribution in [3.05, 3.63) is 82.5 Å². The molecule has 0 saturated carbocycles. The maximum Gasteiger partial charge on any atom is 0.263 e. The maximum atomic E-state index is 12.4. The van der Waals surface area contributed by atoms with E-state index in [1.165, 1.54) is 5.56 Å².